The van der Waals surface area contributed by atoms with Crippen LogP contribution in [0.25, 0.3) is 0 Å². The molecule has 13 heavy (non-hydrogen) atoms. The van der Waals surface area contributed by atoms with Crippen LogP contribution in [0.2, 0.25) is 0 Å². The van der Waals surface area contributed by atoms with Crippen molar-refractivity contribution in [1.82, 2.24) is 4.90 Å². The van der Waals surface area contributed by atoms with Gasteiger partial charge in [-0.2, -0.15) is 0 Å². The van der Waals surface area contributed by atoms with Gasteiger partial charge in [-0.15, -0.1) is 0 Å². The topological polar surface area (TPSA) is 15.6 Å². The first-order valence-corrected chi connectivity index (χ1v) is 4.84. The van der Waals surface area contributed by atoms with Gasteiger partial charge in [0.25, 0.3) is 0 Å². The number of hydrogen-bond acceptors (Lipinski definition) is 2. The van der Waals surface area contributed by atoms with Gasteiger partial charge in [0.1, 0.15) is 5.82 Å². The molecule has 0 aliphatic carbocycles. The molecule has 0 spiro atoms. The van der Waals surface area contributed by atoms with E-state index in [1.807, 2.05) is 25.2 Å². The fourth-order valence-electron chi connectivity index (χ4n) is 1.14. The summed E-state index contributed by atoms with van der Waals surface area (Å²) in [6, 6.07) is 0. The van der Waals surface area contributed by atoms with Crippen LogP contribution in [-0.2, 0) is 0 Å². The smallest absolute Gasteiger partial charge is 0.127 e. The van der Waals surface area contributed by atoms with Crippen molar-refractivity contribution in [3.8, 4) is 0 Å². The molecule has 0 N–H and O–H groups in total. The van der Waals surface area contributed by atoms with Crippen LogP contribution in [0.3, 0.4) is 0 Å². The van der Waals surface area contributed by atoms with E-state index in [-0.39, 0.29) is 0 Å². The minimum absolute atomic E-state index is 0.961. The summed E-state index contributed by atoms with van der Waals surface area (Å²) in [6.45, 7) is 11.9. The zero-order valence-corrected chi connectivity index (χ0v) is 8.95. The van der Waals surface area contributed by atoms with E-state index in [9.17, 15) is 0 Å². The standard InChI is InChI=1S/C11H20N2/c1-5-8-9-11(12-4)13(7-3)10-6-2/h5,8-9H,4,6-7,10H2,1-3H3/b8-5-,11-9+. The molecule has 0 aromatic carbocycles. The van der Waals surface area contributed by atoms with Gasteiger partial charge >= 0.3 is 0 Å². The van der Waals surface area contributed by atoms with Crippen LogP contribution in [0.4, 0.5) is 0 Å². The molecular weight excluding hydrogens is 160 g/mol. The van der Waals surface area contributed by atoms with E-state index < -0.39 is 0 Å². The summed E-state index contributed by atoms with van der Waals surface area (Å²) >= 11 is 0. The molecule has 0 amide bonds. The molecule has 0 radical (unpaired) electrons. The van der Waals surface area contributed by atoms with Crippen LogP contribution in [0.15, 0.2) is 29.0 Å². The lowest BCUT2D eigenvalue weighted by Crippen LogP contribution is -2.22. The first-order valence-electron chi connectivity index (χ1n) is 4.84. The summed E-state index contributed by atoms with van der Waals surface area (Å²) in [5.74, 6) is 0.961. The Kier molecular flexibility index (Phi) is 6.98. The van der Waals surface area contributed by atoms with Crippen molar-refractivity contribution < 1.29 is 0 Å². The van der Waals surface area contributed by atoms with E-state index in [0.29, 0.717) is 0 Å². The van der Waals surface area contributed by atoms with E-state index in [2.05, 4.69) is 30.5 Å². The molecule has 0 aliphatic rings. The lowest BCUT2D eigenvalue weighted by atomic mass is 10.4. The van der Waals surface area contributed by atoms with E-state index in [0.717, 1.165) is 25.3 Å². The molecule has 74 valence electrons. The summed E-state index contributed by atoms with van der Waals surface area (Å²) in [5, 5.41) is 0. The van der Waals surface area contributed by atoms with Crippen molar-refractivity contribution in [1.29, 1.82) is 0 Å². The van der Waals surface area contributed by atoms with Crippen LogP contribution < -0.4 is 0 Å². The molecular formula is C11H20N2. The third kappa shape index (κ3) is 4.51. The maximum absolute atomic E-state index is 4.00. The summed E-state index contributed by atoms with van der Waals surface area (Å²) < 4.78 is 0. The fourth-order valence-corrected chi connectivity index (χ4v) is 1.14. The Balaban J connectivity index is 4.41. The maximum Gasteiger partial charge on any atom is 0.127 e. The second-order valence-electron chi connectivity index (χ2n) is 2.79. The largest absolute Gasteiger partial charge is 0.357 e. The van der Waals surface area contributed by atoms with Gasteiger partial charge in [0.15, 0.2) is 0 Å². The minimum Gasteiger partial charge on any atom is -0.357 e. The number of hydrogen-bond donors (Lipinski definition) is 0. The van der Waals surface area contributed by atoms with Crippen LogP contribution in [0.5, 0.6) is 0 Å². The predicted octanol–water partition coefficient (Wildman–Crippen LogP) is 2.84. The van der Waals surface area contributed by atoms with Crippen LogP contribution in [0, 0.1) is 0 Å². The Morgan fingerprint density at radius 2 is 2.15 bits per heavy atom. The Morgan fingerprint density at radius 1 is 1.46 bits per heavy atom. The third-order valence-electron chi connectivity index (χ3n) is 1.80. The number of rotatable bonds is 6. The van der Waals surface area contributed by atoms with Crippen molar-refractivity contribution in [2.75, 3.05) is 13.1 Å². The van der Waals surface area contributed by atoms with E-state index in [4.69, 9.17) is 0 Å². The second kappa shape index (κ2) is 7.59. The van der Waals surface area contributed by atoms with Crippen LogP contribution in [-0.4, -0.2) is 24.7 Å². The molecule has 0 rings (SSSR count). The van der Waals surface area contributed by atoms with Crippen molar-refractivity contribution in [2.45, 2.75) is 27.2 Å². The molecule has 0 atom stereocenters. The molecule has 2 nitrogen and oxygen atoms in total. The molecule has 0 heterocycles. The van der Waals surface area contributed by atoms with Crippen LogP contribution >= 0.6 is 0 Å². The zero-order valence-electron chi connectivity index (χ0n) is 8.95. The van der Waals surface area contributed by atoms with E-state index in [1.54, 1.807) is 0 Å². The van der Waals surface area contributed by atoms with Gasteiger partial charge in [-0.3, -0.25) is 0 Å². The van der Waals surface area contributed by atoms with Gasteiger partial charge < -0.3 is 4.90 Å². The second-order valence-corrected chi connectivity index (χ2v) is 2.79. The Hall–Kier alpha value is -1.05. The molecule has 0 saturated heterocycles. The fraction of sp³-hybridized carbons (Fsp3) is 0.545. The van der Waals surface area contributed by atoms with Crippen molar-refractivity contribution in [3.05, 3.63) is 24.0 Å². The molecule has 0 unspecified atom stereocenters. The molecule has 0 aliphatic heterocycles. The van der Waals surface area contributed by atoms with Crippen molar-refractivity contribution in [3.63, 3.8) is 0 Å². The van der Waals surface area contributed by atoms with E-state index >= 15 is 0 Å². The highest BCUT2D eigenvalue weighted by atomic mass is 15.2. The molecule has 0 saturated carbocycles. The van der Waals surface area contributed by atoms with Gasteiger partial charge in [0, 0.05) is 13.1 Å². The summed E-state index contributed by atoms with van der Waals surface area (Å²) in [7, 11) is 0. The summed E-state index contributed by atoms with van der Waals surface area (Å²) in [4.78, 5) is 6.22. The highest BCUT2D eigenvalue weighted by Crippen LogP contribution is 2.05. The van der Waals surface area contributed by atoms with Gasteiger partial charge in [-0.1, -0.05) is 19.1 Å². The van der Waals surface area contributed by atoms with Crippen molar-refractivity contribution in [2.24, 2.45) is 4.99 Å². The lowest BCUT2D eigenvalue weighted by Gasteiger charge is -2.21. The minimum atomic E-state index is 0.961. The van der Waals surface area contributed by atoms with Gasteiger partial charge in [0.05, 0.1) is 0 Å². The van der Waals surface area contributed by atoms with Gasteiger partial charge in [-0.25, -0.2) is 4.99 Å². The maximum atomic E-state index is 4.00. The summed E-state index contributed by atoms with van der Waals surface area (Å²) in [5.41, 5.74) is 0. The molecule has 0 aromatic rings. The highest BCUT2D eigenvalue weighted by molar-refractivity contribution is 5.29. The molecule has 0 fully saturated rings. The van der Waals surface area contributed by atoms with Gasteiger partial charge in [-0.05, 0) is 33.1 Å². The van der Waals surface area contributed by atoms with Gasteiger partial charge in [0.2, 0.25) is 0 Å². The molecule has 0 bridgehead atoms. The first-order chi connectivity index (χ1) is 6.29. The number of allylic oxidation sites excluding steroid dienone is 3. The Morgan fingerprint density at radius 3 is 2.54 bits per heavy atom. The Labute approximate surface area is 81.7 Å². The SMILES string of the molecule is C=N/C(=C\C=C/C)N(CC)CCC. The monoisotopic (exact) mass is 180 g/mol. The highest BCUT2D eigenvalue weighted by Gasteiger charge is 2.01. The number of nitrogens with zero attached hydrogens (tertiary/aromatic N) is 2. The number of aliphatic imine (C=N–C) groups is 1. The normalized spacial score (nSPS) is 12.1. The summed E-state index contributed by atoms with van der Waals surface area (Å²) in [6.07, 6.45) is 7.11. The third-order valence-corrected chi connectivity index (χ3v) is 1.80. The average molecular weight is 180 g/mol. The Bertz CT molecular complexity index is 192. The average Bonchev–Trinajstić information content (AvgIpc) is 2.17. The quantitative estimate of drug-likeness (QED) is 0.453. The molecule has 2 heteroatoms. The molecule has 0 aromatic heterocycles. The first kappa shape index (κ1) is 11.9. The predicted molar refractivity (Wildman–Crippen MR) is 60.0 cm³/mol. The zero-order chi connectivity index (χ0) is 10.1. The van der Waals surface area contributed by atoms with Crippen LogP contribution in [0.1, 0.15) is 27.2 Å². The van der Waals surface area contributed by atoms with Crippen molar-refractivity contribution >= 4 is 6.72 Å². The lowest BCUT2D eigenvalue weighted by molar-refractivity contribution is 0.360. The van der Waals surface area contributed by atoms with E-state index in [1.165, 1.54) is 0 Å².